The summed E-state index contributed by atoms with van der Waals surface area (Å²) in [7, 11) is 0. The Bertz CT molecular complexity index is 286. The lowest BCUT2D eigenvalue weighted by molar-refractivity contribution is -0.142. The lowest BCUT2D eigenvalue weighted by Gasteiger charge is -2.27. The van der Waals surface area contributed by atoms with Crippen molar-refractivity contribution < 1.29 is 14.7 Å². The fourth-order valence-corrected chi connectivity index (χ4v) is 1.80. The number of carboxylic acid groups (broad SMARTS) is 1. The third-order valence-electron chi connectivity index (χ3n) is 3.21. The molecule has 0 bridgehead atoms. The van der Waals surface area contributed by atoms with Gasteiger partial charge in [0.05, 0.1) is 0 Å². The van der Waals surface area contributed by atoms with Crippen LogP contribution in [0.2, 0.25) is 0 Å². The number of amides is 1. The molecule has 1 unspecified atom stereocenters. The van der Waals surface area contributed by atoms with Gasteiger partial charge in [-0.1, -0.05) is 27.7 Å². The molecule has 0 aromatic heterocycles. The van der Waals surface area contributed by atoms with E-state index in [1.807, 2.05) is 13.2 Å². The van der Waals surface area contributed by atoms with Gasteiger partial charge in [0.1, 0.15) is 6.04 Å². The SMILES string of the molecule is CSCC[C@@H](NC(=O)CC(C)C(C)(C)C)C(=O)O. The predicted octanol–water partition coefficient (Wildman–Crippen LogP) is 2.38. The van der Waals surface area contributed by atoms with Crippen LogP contribution in [0.15, 0.2) is 0 Å². The molecule has 0 heterocycles. The molecule has 0 aliphatic rings. The van der Waals surface area contributed by atoms with Crippen LogP contribution in [0.25, 0.3) is 0 Å². The van der Waals surface area contributed by atoms with Crippen molar-refractivity contribution in [2.45, 2.75) is 46.6 Å². The fraction of sp³-hybridized carbons (Fsp3) is 0.846. The first-order valence-electron chi connectivity index (χ1n) is 6.19. The molecule has 5 heteroatoms. The zero-order valence-corrected chi connectivity index (χ0v) is 12.8. The Labute approximate surface area is 114 Å². The number of nitrogens with one attached hydrogen (secondary N) is 1. The quantitative estimate of drug-likeness (QED) is 0.748. The van der Waals surface area contributed by atoms with E-state index in [0.29, 0.717) is 12.8 Å². The molecule has 0 aliphatic heterocycles. The minimum absolute atomic E-state index is 0.0509. The van der Waals surface area contributed by atoms with Crippen molar-refractivity contribution in [1.29, 1.82) is 0 Å². The van der Waals surface area contributed by atoms with Crippen molar-refractivity contribution in [3.8, 4) is 0 Å². The van der Waals surface area contributed by atoms with Gasteiger partial charge in [-0.25, -0.2) is 4.79 Å². The molecule has 18 heavy (non-hydrogen) atoms. The molecule has 2 N–H and O–H groups in total. The summed E-state index contributed by atoms with van der Waals surface area (Å²) in [5.74, 6) is -0.189. The zero-order chi connectivity index (χ0) is 14.3. The van der Waals surface area contributed by atoms with Gasteiger partial charge in [0.15, 0.2) is 0 Å². The smallest absolute Gasteiger partial charge is 0.326 e. The summed E-state index contributed by atoms with van der Waals surface area (Å²) in [6.07, 6.45) is 2.75. The molecule has 0 aliphatic carbocycles. The molecule has 1 amide bonds. The van der Waals surface area contributed by atoms with Gasteiger partial charge in [0.25, 0.3) is 0 Å². The summed E-state index contributed by atoms with van der Waals surface area (Å²) >= 11 is 1.58. The van der Waals surface area contributed by atoms with E-state index >= 15 is 0 Å². The lowest BCUT2D eigenvalue weighted by atomic mass is 9.80. The Kier molecular flexibility index (Phi) is 7.36. The number of thioether (sulfide) groups is 1. The normalized spacial score (nSPS) is 14.9. The molecule has 0 fully saturated rings. The maximum Gasteiger partial charge on any atom is 0.326 e. The summed E-state index contributed by atoms with van der Waals surface area (Å²) in [6.45, 7) is 8.24. The van der Waals surface area contributed by atoms with Gasteiger partial charge in [0.2, 0.25) is 5.91 Å². The van der Waals surface area contributed by atoms with E-state index in [9.17, 15) is 9.59 Å². The highest BCUT2D eigenvalue weighted by Crippen LogP contribution is 2.27. The second kappa shape index (κ2) is 7.67. The first kappa shape index (κ1) is 17.3. The second-order valence-corrected chi connectivity index (χ2v) is 6.70. The van der Waals surface area contributed by atoms with Crippen LogP contribution < -0.4 is 5.32 Å². The Hall–Kier alpha value is -0.710. The minimum atomic E-state index is -0.958. The van der Waals surface area contributed by atoms with E-state index in [4.69, 9.17) is 5.11 Å². The van der Waals surface area contributed by atoms with Crippen molar-refractivity contribution in [3.05, 3.63) is 0 Å². The summed E-state index contributed by atoms with van der Waals surface area (Å²) < 4.78 is 0. The largest absolute Gasteiger partial charge is 0.480 e. The van der Waals surface area contributed by atoms with Gasteiger partial charge in [0, 0.05) is 6.42 Å². The summed E-state index contributed by atoms with van der Waals surface area (Å²) in [4.78, 5) is 22.8. The molecule has 0 rings (SSSR count). The van der Waals surface area contributed by atoms with E-state index in [2.05, 4.69) is 26.1 Å². The lowest BCUT2D eigenvalue weighted by Crippen LogP contribution is -2.42. The molecule has 0 saturated carbocycles. The average molecular weight is 275 g/mol. The Morgan fingerprint density at radius 2 is 1.89 bits per heavy atom. The Balaban J connectivity index is 4.30. The van der Waals surface area contributed by atoms with E-state index < -0.39 is 12.0 Å². The summed E-state index contributed by atoms with van der Waals surface area (Å²) in [5, 5.41) is 11.6. The van der Waals surface area contributed by atoms with Crippen molar-refractivity contribution >= 4 is 23.6 Å². The summed E-state index contributed by atoms with van der Waals surface area (Å²) in [5.41, 5.74) is 0.0509. The topological polar surface area (TPSA) is 66.4 Å². The second-order valence-electron chi connectivity index (χ2n) is 5.71. The van der Waals surface area contributed by atoms with Crippen LogP contribution in [0.1, 0.15) is 40.5 Å². The van der Waals surface area contributed by atoms with Crippen LogP contribution in [-0.4, -0.2) is 35.0 Å². The summed E-state index contributed by atoms with van der Waals surface area (Å²) in [6, 6.07) is -0.767. The number of carboxylic acids is 1. The Morgan fingerprint density at radius 1 is 1.33 bits per heavy atom. The fourth-order valence-electron chi connectivity index (χ4n) is 1.33. The van der Waals surface area contributed by atoms with Crippen molar-refractivity contribution in [2.24, 2.45) is 11.3 Å². The number of aliphatic carboxylic acids is 1. The highest BCUT2D eigenvalue weighted by Gasteiger charge is 2.25. The molecular weight excluding hydrogens is 250 g/mol. The average Bonchev–Trinajstić information content (AvgIpc) is 2.22. The maximum atomic E-state index is 11.8. The van der Waals surface area contributed by atoms with Gasteiger partial charge >= 0.3 is 5.97 Å². The molecule has 2 atom stereocenters. The van der Waals surface area contributed by atoms with Gasteiger partial charge in [-0.3, -0.25) is 4.79 Å². The van der Waals surface area contributed by atoms with Crippen LogP contribution in [0, 0.1) is 11.3 Å². The van der Waals surface area contributed by atoms with Crippen LogP contribution in [0.3, 0.4) is 0 Å². The van der Waals surface area contributed by atoms with Gasteiger partial charge < -0.3 is 10.4 Å². The highest BCUT2D eigenvalue weighted by atomic mass is 32.2. The van der Waals surface area contributed by atoms with E-state index in [1.165, 1.54) is 0 Å². The number of rotatable bonds is 7. The minimum Gasteiger partial charge on any atom is -0.480 e. The molecule has 0 radical (unpaired) electrons. The van der Waals surface area contributed by atoms with Crippen LogP contribution in [0.5, 0.6) is 0 Å². The monoisotopic (exact) mass is 275 g/mol. The highest BCUT2D eigenvalue weighted by molar-refractivity contribution is 7.98. The van der Waals surface area contributed by atoms with Gasteiger partial charge in [-0.2, -0.15) is 11.8 Å². The standard InChI is InChI=1S/C13H25NO3S/c1-9(13(2,3)4)8-11(15)14-10(12(16)17)6-7-18-5/h9-10H,6-8H2,1-5H3,(H,14,15)(H,16,17)/t9?,10-/m1/s1. The number of carbonyl (C=O) groups is 2. The molecule has 106 valence electrons. The zero-order valence-electron chi connectivity index (χ0n) is 11.9. The number of carbonyl (C=O) groups excluding carboxylic acids is 1. The van der Waals surface area contributed by atoms with Crippen molar-refractivity contribution in [3.63, 3.8) is 0 Å². The molecule has 0 aromatic carbocycles. The van der Waals surface area contributed by atoms with E-state index in [0.717, 1.165) is 5.75 Å². The van der Waals surface area contributed by atoms with E-state index in [1.54, 1.807) is 11.8 Å². The predicted molar refractivity (Wildman–Crippen MR) is 75.8 cm³/mol. The molecule has 0 saturated heterocycles. The Morgan fingerprint density at radius 3 is 2.28 bits per heavy atom. The van der Waals surface area contributed by atoms with Gasteiger partial charge in [-0.15, -0.1) is 0 Å². The molecule has 0 spiro atoms. The van der Waals surface area contributed by atoms with Crippen molar-refractivity contribution in [1.82, 2.24) is 5.32 Å². The number of hydrogen-bond acceptors (Lipinski definition) is 3. The van der Waals surface area contributed by atoms with E-state index in [-0.39, 0.29) is 17.2 Å². The van der Waals surface area contributed by atoms with Crippen LogP contribution in [0.4, 0.5) is 0 Å². The first-order chi connectivity index (χ1) is 8.18. The third kappa shape index (κ3) is 6.89. The molecule has 0 aromatic rings. The third-order valence-corrected chi connectivity index (χ3v) is 3.86. The molecule has 4 nitrogen and oxygen atoms in total. The van der Waals surface area contributed by atoms with Crippen molar-refractivity contribution in [2.75, 3.05) is 12.0 Å². The first-order valence-corrected chi connectivity index (χ1v) is 7.59. The van der Waals surface area contributed by atoms with Crippen LogP contribution >= 0.6 is 11.8 Å². The molecular formula is C13H25NO3S. The number of hydrogen-bond donors (Lipinski definition) is 2. The van der Waals surface area contributed by atoms with Gasteiger partial charge in [-0.05, 0) is 29.8 Å². The maximum absolute atomic E-state index is 11.8. The van der Waals surface area contributed by atoms with Crippen LogP contribution in [-0.2, 0) is 9.59 Å².